The average molecular weight is 413 g/mol. The number of fused-ring (bicyclic) bond motifs is 1. The Bertz CT molecular complexity index is 733. The van der Waals surface area contributed by atoms with Gasteiger partial charge in [0, 0.05) is 30.4 Å². The van der Waals surface area contributed by atoms with Crippen molar-refractivity contribution in [3.05, 3.63) is 22.7 Å². The van der Waals surface area contributed by atoms with Crippen LogP contribution in [0.15, 0.2) is 22.7 Å². The van der Waals surface area contributed by atoms with Gasteiger partial charge in [-0.15, -0.1) is 0 Å². The number of amides is 1. The third-order valence-corrected chi connectivity index (χ3v) is 5.09. The van der Waals surface area contributed by atoms with E-state index < -0.39 is 5.60 Å². The molecule has 1 aromatic carbocycles. The van der Waals surface area contributed by atoms with E-state index in [9.17, 15) is 4.79 Å². The maximum Gasteiger partial charge on any atom is 0.410 e. The standard InChI is InChI=1S/C17H21BrN2O3S/c1-17(2,3)23-16(21)20-8-6-12(7-9-20)22-15-19-13-5-4-11(18)10-14(13)24-15/h4-5,10,12H,6-9H2,1-3H3. The molecule has 0 spiro atoms. The molecular formula is C17H21BrN2O3S. The van der Waals surface area contributed by atoms with Crippen molar-refractivity contribution < 1.29 is 14.3 Å². The van der Waals surface area contributed by atoms with Crippen LogP contribution in [0.5, 0.6) is 5.19 Å². The molecule has 0 bridgehead atoms. The minimum absolute atomic E-state index is 0.0905. The van der Waals surface area contributed by atoms with Crippen LogP contribution in [0.25, 0.3) is 10.2 Å². The number of benzene rings is 1. The van der Waals surface area contributed by atoms with Crippen LogP contribution in [0.1, 0.15) is 33.6 Å². The summed E-state index contributed by atoms with van der Waals surface area (Å²) >= 11 is 5.02. The van der Waals surface area contributed by atoms with Crippen LogP contribution in [0.2, 0.25) is 0 Å². The zero-order valence-electron chi connectivity index (χ0n) is 14.0. The highest BCUT2D eigenvalue weighted by atomic mass is 79.9. The molecule has 2 heterocycles. The molecule has 3 rings (SSSR count). The normalized spacial score (nSPS) is 16.4. The Kier molecular flexibility index (Phi) is 5.01. The summed E-state index contributed by atoms with van der Waals surface area (Å²) in [6, 6.07) is 6.00. The van der Waals surface area contributed by atoms with E-state index in [1.807, 2.05) is 39.0 Å². The first-order chi connectivity index (χ1) is 11.3. The highest BCUT2D eigenvalue weighted by molar-refractivity contribution is 9.10. The molecule has 5 nitrogen and oxygen atoms in total. The van der Waals surface area contributed by atoms with Gasteiger partial charge in [-0.3, -0.25) is 0 Å². The lowest BCUT2D eigenvalue weighted by atomic mass is 10.1. The number of carbonyl (C=O) groups is 1. The maximum absolute atomic E-state index is 12.1. The lowest BCUT2D eigenvalue weighted by molar-refractivity contribution is 0.0126. The minimum Gasteiger partial charge on any atom is -0.467 e. The van der Waals surface area contributed by atoms with E-state index in [2.05, 4.69) is 20.9 Å². The number of thiazole rings is 1. The molecule has 7 heteroatoms. The maximum atomic E-state index is 12.1. The molecule has 1 aliphatic rings. The van der Waals surface area contributed by atoms with Gasteiger partial charge in [-0.25, -0.2) is 9.78 Å². The van der Waals surface area contributed by atoms with E-state index in [0.717, 1.165) is 27.5 Å². The fraction of sp³-hybridized carbons (Fsp3) is 0.529. The zero-order chi connectivity index (χ0) is 17.3. The van der Waals surface area contributed by atoms with Gasteiger partial charge in [-0.1, -0.05) is 27.3 Å². The number of likely N-dealkylation sites (tertiary alicyclic amines) is 1. The lowest BCUT2D eigenvalue weighted by Gasteiger charge is -2.33. The second kappa shape index (κ2) is 6.88. The van der Waals surface area contributed by atoms with Gasteiger partial charge >= 0.3 is 6.09 Å². The topological polar surface area (TPSA) is 51.7 Å². The second-order valence-electron chi connectivity index (χ2n) is 6.88. The molecule has 0 aliphatic carbocycles. The summed E-state index contributed by atoms with van der Waals surface area (Å²) in [5, 5.41) is 0.693. The highest BCUT2D eigenvalue weighted by Crippen LogP contribution is 2.31. The molecule has 0 N–H and O–H groups in total. The number of hydrogen-bond acceptors (Lipinski definition) is 5. The molecule has 0 atom stereocenters. The zero-order valence-corrected chi connectivity index (χ0v) is 16.4. The van der Waals surface area contributed by atoms with Crippen LogP contribution in [-0.4, -0.2) is 40.8 Å². The first-order valence-electron chi connectivity index (χ1n) is 8.01. The second-order valence-corrected chi connectivity index (χ2v) is 8.79. The number of carbonyl (C=O) groups excluding carboxylic acids is 1. The largest absolute Gasteiger partial charge is 0.467 e. The van der Waals surface area contributed by atoms with E-state index >= 15 is 0 Å². The first-order valence-corrected chi connectivity index (χ1v) is 9.62. The van der Waals surface area contributed by atoms with Crippen LogP contribution in [-0.2, 0) is 4.74 Å². The summed E-state index contributed by atoms with van der Waals surface area (Å²) in [5.41, 5.74) is 0.490. The predicted octanol–water partition coefficient (Wildman–Crippen LogP) is 4.84. The first kappa shape index (κ1) is 17.5. The van der Waals surface area contributed by atoms with Crippen molar-refractivity contribution in [1.29, 1.82) is 0 Å². The molecule has 2 aromatic rings. The molecule has 1 saturated heterocycles. The van der Waals surface area contributed by atoms with E-state index in [1.165, 1.54) is 0 Å². The van der Waals surface area contributed by atoms with Gasteiger partial charge in [0.1, 0.15) is 11.7 Å². The third-order valence-electron chi connectivity index (χ3n) is 3.69. The van der Waals surface area contributed by atoms with Gasteiger partial charge in [0.05, 0.1) is 10.2 Å². The van der Waals surface area contributed by atoms with Crippen molar-refractivity contribution in [2.75, 3.05) is 13.1 Å². The highest BCUT2D eigenvalue weighted by Gasteiger charge is 2.28. The number of aromatic nitrogens is 1. The van der Waals surface area contributed by atoms with Crippen molar-refractivity contribution in [3.63, 3.8) is 0 Å². The molecule has 24 heavy (non-hydrogen) atoms. The van der Waals surface area contributed by atoms with E-state index in [-0.39, 0.29) is 12.2 Å². The molecular weight excluding hydrogens is 392 g/mol. The molecule has 130 valence electrons. The van der Waals surface area contributed by atoms with E-state index in [0.29, 0.717) is 18.3 Å². The SMILES string of the molecule is CC(C)(C)OC(=O)N1CCC(Oc2nc3ccc(Br)cc3s2)CC1. The van der Waals surface area contributed by atoms with Gasteiger partial charge < -0.3 is 14.4 Å². The summed E-state index contributed by atoms with van der Waals surface area (Å²) in [7, 11) is 0. The van der Waals surface area contributed by atoms with Crippen molar-refractivity contribution >= 4 is 43.6 Å². The number of halogens is 1. The lowest BCUT2D eigenvalue weighted by Crippen LogP contribution is -2.44. The summed E-state index contributed by atoms with van der Waals surface area (Å²) in [6.45, 7) is 6.94. The molecule has 1 aromatic heterocycles. The number of hydrogen-bond donors (Lipinski definition) is 0. The number of piperidine rings is 1. The minimum atomic E-state index is -0.459. The number of ether oxygens (including phenoxy) is 2. The third kappa shape index (κ3) is 4.39. The molecule has 0 saturated carbocycles. The fourth-order valence-electron chi connectivity index (χ4n) is 2.55. The Hall–Kier alpha value is -1.34. The molecule has 0 radical (unpaired) electrons. The van der Waals surface area contributed by atoms with Crippen LogP contribution in [0, 0.1) is 0 Å². The molecule has 0 unspecified atom stereocenters. The summed E-state index contributed by atoms with van der Waals surface area (Å²) in [5.74, 6) is 0. The summed E-state index contributed by atoms with van der Waals surface area (Å²) < 4.78 is 13.6. The summed E-state index contributed by atoms with van der Waals surface area (Å²) in [4.78, 5) is 18.3. The van der Waals surface area contributed by atoms with Crippen molar-refractivity contribution in [1.82, 2.24) is 9.88 Å². The van der Waals surface area contributed by atoms with Crippen LogP contribution >= 0.6 is 27.3 Å². The Morgan fingerprint density at radius 2 is 2.04 bits per heavy atom. The smallest absolute Gasteiger partial charge is 0.410 e. The van der Waals surface area contributed by atoms with Crippen LogP contribution in [0.3, 0.4) is 0 Å². The molecule has 1 fully saturated rings. The monoisotopic (exact) mass is 412 g/mol. The van der Waals surface area contributed by atoms with Gasteiger partial charge in [-0.2, -0.15) is 0 Å². The Morgan fingerprint density at radius 3 is 2.71 bits per heavy atom. The Labute approximate surface area is 154 Å². The predicted molar refractivity (Wildman–Crippen MR) is 98.8 cm³/mol. The molecule has 1 amide bonds. The average Bonchev–Trinajstić information content (AvgIpc) is 2.87. The number of nitrogens with zero attached hydrogens (tertiary/aromatic N) is 2. The van der Waals surface area contributed by atoms with Gasteiger partial charge in [0.25, 0.3) is 5.19 Å². The quantitative estimate of drug-likeness (QED) is 0.707. The summed E-state index contributed by atoms with van der Waals surface area (Å²) in [6.07, 6.45) is 1.43. The van der Waals surface area contributed by atoms with Gasteiger partial charge in [0.2, 0.25) is 0 Å². The van der Waals surface area contributed by atoms with Crippen molar-refractivity contribution in [2.45, 2.75) is 45.3 Å². The number of rotatable bonds is 2. The van der Waals surface area contributed by atoms with Crippen LogP contribution < -0.4 is 4.74 Å². The Balaban J connectivity index is 1.55. The van der Waals surface area contributed by atoms with E-state index in [4.69, 9.17) is 9.47 Å². The molecule has 1 aliphatic heterocycles. The van der Waals surface area contributed by atoms with Crippen LogP contribution in [0.4, 0.5) is 4.79 Å². The van der Waals surface area contributed by atoms with E-state index in [1.54, 1.807) is 16.2 Å². The Morgan fingerprint density at radius 1 is 1.33 bits per heavy atom. The van der Waals surface area contributed by atoms with Crippen molar-refractivity contribution in [2.24, 2.45) is 0 Å². The van der Waals surface area contributed by atoms with Crippen molar-refractivity contribution in [3.8, 4) is 5.19 Å². The van der Waals surface area contributed by atoms with Gasteiger partial charge in [-0.05, 0) is 39.0 Å². The van der Waals surface area contributed by atoms with Gasteiger partial charge in [0.15, 0.2) is 0 Å². The fourth-order valence-corrected chi connectivity index (χ4v) is 3.99.